The average Bonchev–Trinajstić information content (AvgIpc) is 2.52. The van der Waals surface area contributed by atoms with Gasteiger partial charge in [-0.25, -0.2) is 12.7 Å². The SMILES string of the molecule is CN(CCN1CCNCC1)S(=O)(=O)CCc1ccccc1. The number of nitrogens with zero attached hydrogens (tertiary/aromatic N) is 2. The molecule has 1 aromatic rings. The van der Waals surface area contributed by atoms with Gasteiger partial charge in [-0.05, 0) is 12.0 Å². The fourth-order valence-corrected chi connectivity index (χ4v) is 3.57. The van der Waals surface area contributed by atoms with Gasteiger partial charge >= 0.3 is 0 Å². The summed E-state index contributed by atoms with van der Waals surface area (Å²) in [5, 5.41) is 3.30. The molecule has 0 saturated carbocycles. The van der Waals surface area contributed by atoms with Crippen molar-refractivity contribution >= 4 is 10.0 Å². The van der Waals surface area contributed by atoms with Crippen LogP contribution in [0.2, 0.25) is 0 Å². The molecular formula is C15H25N3O2S. The van der Waals surface area contributed by atoms with E-state index in [9.17, 15) is 8.42 Å². The lowest BCUT2D eigenvalue weighted by Crippen LogP contribution is -2.46. The highest BCUT2D eigenvalue weighted by Crippen LogP contribution is 2.05. The van der Waals surface area contributed by atoms with Gasteiger partial charge in [0.05, 0.1) is 5.75 Å². The number of sulfonamides is 1. The van der Waals surface area contributed by atoms with Crippen LogP contribution in [-0.2, 0) is 16.4 Å². The fraction of sp³-hybridized carbons (Fsp3) is 0.600. The molecule has 1 heterocycles. The summed E-state index contributed by atoms with van der Waals surface area (Å²) in [5.41, 5.74) is 1.07. The van der Waals surface area contributed by atoms with Crippen molar-refractivity contribution in [3.8, 4) is 0 Å². The third-order valence-corrected chi connectivity index (χ3v) is 5.76. The number of hydrogen-bond acceptors (Lipinski definition) is 4. The summed E-state index contributed by atoms with van der Waals surface area (Å²) < 4.78 is 26.0. The Bertz CT molecular complexity index is 513. The largest absolute Gasteiger partial charge is 0.314 e. The standard InChI is InChI=1S/C15H25N3O2S/c1-17(12-13-18-10-8-16-9-11-18)21(19,20)14-7-15-5-3-2-4-6-15/h2-6,16H,7-14H2,1H3. The molecular weight excluding hydrogens is 286 g/mol. The third kappa shape index (κ3) is 5.39. The summed E-state index contributed by atoms with van der Waals surface area (Å²) >= 11 is 0. The number of benzene rings is 1. The Hall–Kier alpha value is -0.950. The van der Waals surface area contributed by atoms with Crippen LogP contribution in [0.5, 0.6) is 0 Å². The number of aryl methyl sites for hydroxylation is 1. The second-order valence-electron chi connectivity index (χ2n) is 5.46. The monoisotopic (exact) mass is 311 g/mol. The van der Waals surface area contributed by atoms with Crippen LogP contribution >= 0.6 is 0 Å². The second-order valence-corrected chi connectivity index (χ2v) is 7.66. The molecule has 0 aromatic heterocycles. The first kappa shape index (κ1) is 16.4. The molecule has 0 radical (unpaired) electrons. The third-order valence-electron chi connectivity index (χ3n) is 3.91. The van der Waals surface area contributed by atoms with Crippen LogP contribution < -0.4 is 5.32 Å². The zero-order chi connectivity index (χ0) is 15.1. The van der Waals surface area contributed by atoms with Crippen molar-refractivity contribution in [2.45, 2.75) is 6.42 Å². The van der Waals surface area contributed by atoms with Crippen molar-refractivity contribution in [2.75, 3.05) is 52.1 Å². The normalized spacial score (nSPS) is 17.2. The highest BCUT2D eigenvalue weighted by molar-refractivity contribution is 7.89. The molecule has 1 saturated heterocycles. The summed E-state index contributed by atoms with van der Waals surface area (Å²) in [6.45, 7) is 5.35. The highest BCUT2D eigenvalue weighted by Gasteiger charge is 2.19. The molecule has 0 atom stereocenters. The molecule has 1 aliphatic rings. The van der Waals surface area contributed by atoms with Gasteiger partial charge in [0.1, 0.15) is 0 Å². The van der Waals surface area contributed by atoms with E-state index < -0.39 is 10.0 Å². The molecule has 6 heteroatoms. The summed E-state index contributed by atoms with van der Waals surface area (Å²) in [6, 6.07) is 9.76. The lowest BCUT2D eigenvalue weighted by atomic mass is 10.2. The number of hydrogen-bond donors (Lipinski definition) is 1. The zero-order valence-corrected chi connectivity index (χ0v) is 13.5. The van der Waals surface area contributed by atoms with E-state index in [4.69, 9.17) is 0 Å². The van der Waals surface area contributed by atoms with Crippen molar-refractivity contribution in [3.63, 3.8) is 0 Å². The Labute approximate surface area is 128 Å². The maximum absolute atomic E-state index is 12.3. The number of likely N-dealkylation sites (N-methyl/N-ethyl adjacent to an activating group) is 1. The van der Waals surface area contributed by atoms with E-state index in [0.717, 1.165) is 38.3 Å². The van der Waals surface area contributed by atoms with Crippen molar-refractivity contribution in [3.05, 3.63) is 35.9 Å². The van der Waals surface area contributed by atoms with Gasteiger partial charge in [-0.3, -0.25) is 4.90 Å². The number of rotatable bonds is 7. The maximum Gasteiger partial charge on any atom is 0.214 e. The van der Waals surface area contributed by atoms with Crippen LogP contribution in [0.25, 0.3) is 0 Å². The minimum Gasteiger partial charge on any atom is -0.314 e. The predicted molar refractivity (Wildman–Crippen MR) is 85.9 cm³/mol. The predicted octanol–water partition coefficient (Wildman–Crippen LogP) is 0.396. The molecule has 0 bridgehead atoms. The summed E-state index contributed by atoms with van der Waals surface area (Å²) in [6.07, 6.45) is 0.571. The quantitative estimate of drug-likeness (QED) is 0.792. The Morgan fingerprint density at radius 1 is 1.19 bits per heavy atom. The fourth-order valence-electron chi connectivity index (χ4n) is 2.40. The molecule has 21 heavy (non-hydrogen) atoms. The first-order valence-corrected chi connectivity index (χ1v) is 9.10. The van der Waals surface area contributed by atoms with Crippen molar-refractivity contribution in [2.24, 2.45) is 0 Å². The number of piperazine rings is 1. The summed E-state index contributed by atoms with van der Waals surface area (Å²) in [4.78, 5) is 2.31. The molecule has 0 amide bonds. The van der Waals surface area contributed by atoms with Gasteiger partial charge < -0.3 is 5.32 Å². The molecule has 0 unspecified atom stereocenters. The first-order chi connectivity index (χ1) is 10.1. The van der Waals surface area contributed by atoms with Crippen molar-refractivity contribution in [1.82, 2.24) is 14.5 Å². The second kappa shape index (κ2) is 7.89. The van der Waals surface area contributed by atoms with Crippen LogP contribution in [0, 0.1) is 0 Å². The molecule has 1 fully saturated rings. The zero-order valence-electron chi connectivity index (χ0n) is 12.7. The molecule has 1 N–H and O–H groups in total. The maximum atomic E-state index is 12.3. The van der Waals surface area contributed by atoms with E-state index in [1.807, 2.05) is 30.3 Å². The van der Waals surface area contributed by atoms with Crippen molar-refractivity contribution < 1.29 is 8.42 Å². The van der Waals surface area contributed by atoms with Crippen LogP contribution in [0.15, 0.2) is 30.3 Å². The van der Waals surface area contributed by atoms with Crippen LogP contribution in [0.4, 0.5) is 0 Å². The molecule has 0 aliphatic carbocycles. The molecule has 5 nitrogen and oxygen atoms in total. The Morgan fingerprint density at radius 3 is 2.52 bits per heavy atom. The Balaban J connectivity index is 1.78. The Kier molecular flexibility index (Phi) is 6.17. The van der Waals surface area contributed by atoms with Crippen LogP contribution in [0.3, 0.4) is 0 Å². The first-order valence-electron chi connectivity index (χ1n) is 7.49. The smallest absolute Gasteiger partial charge is 0.214 e. The van der Waals surface area contributed by atoms with E-state index >= 15 is 0 Å². The average molecular weight is 311 g/mol. The topological polar surface area (TPSA) is 52.6 Å². The summed E-state index contributed by atoms with van der Waals surface area (Å²) in [7, 11) is -1.49. The van der Waals surface area contributed by atoms with Gasteiger partial charge in [-0.1, -0.05) is 30.3 Å². The van der Waals surface area contributed by atoms with E-state index in [2.05, 4.69) is 10.2 Å². The molecule has 0 spiro atoms. The van der Waals surface area contributed by atoms with E-state index in [1.165, 1.54) is 4.31 Å². The van der Waals surface area contributed by atoms with Gasteiger partial charge in [0, 0.05) is 46.3 Å². The van der Waals surface area contributed by atoms with Gasteiger partial charge in [-0.15, -0.1) is 0 Å². The van der Waals surface area contributed by atoms with E-state index in [0.29, 0.717) is 13.0 Å². The van der Waals surface area contributed by atoms with Crippen molar-refractivity contribution in [1.29, 1.82) is 0 Å². The van der Waals surface area contributed by atoms with Gasteiger partial charge in [0.15, 0.2) is 0 Å². The molecule has 1 aromatic carbocycles. The Morgan fingerprint density at radius 2 is 1.86 bits per heavy atom. The van der Waals surface area contributed by atoms with E-state index in [1.54, 1.807) is 7.05 Å². The van der Waals surface area contributed by atoms with Crippen LogP contribution in [0.1, 0.15) is 5.56 Å². The van der Waals surface area contributed by atoms with Gasteiger partial charge in [0.25, 0.3) is 0 Å². The van der Waals surface area contributed by atoms with Crippen LogP contribution in [-0.4, -0.2) is 69.7 Å². The molecule has 1 aliphatic heterocycles. The number of nitrogens with one attached hydrogen (secondary N) is 1. The van der Waals surface area contributed by atoms with Gasteiger partial charge in [0.2, 0.25) is 10.0 Å². The highest BCUT2D eigenvalue weighted by atomic mass is 32.2. The minimum atomic E-state index is -3.17. The summed E-state index contributed by atoms with van der Waals surface area (Å²) in [5.74, 6) is 0.176. The lowest BCUT2D eigenvalue weighted by molar-refractivity contribution is 0.229. The lowest BCUT2D eigenvalue weighted by Gasteiger charge is -2.28. The minimum absolute atomic E-state index is 0.176. The van der Waals surface area contributed by atoms with E-state index in [-0.39, 0.29) is 5.75 Å². The van der Waals surface area contributed by atoms with Gasteiger partial charge in [-0.2, -0.15) is 0 Å². The molecule has 2 rings (SSSR count). The molecule has 118 valence electrons.